The molecule has 0 rings (SSSR count). The quantitative estimate of drug-likeness (QED) is 0.459. The Balaban J connectivity index is 3.82. The molecule has 0 aromatic carbocycles. The van der Waals surface area contributed by atoms with E-state index in [1.165, 1.54) is 0 Å². The molecule has 0 radical (unpaired) electrons. The third-order valence-corrected chi connectivity index (χ3v) is 2.20. The molecule has 0 aliphatic carbocycles. The van der Waals surface area contributed by atoms with E-state index in [9.17, 15) is 0 Å². The Morgan fingerprint density at radius 1 is 1.08 bits per heavy atom. The highest BCUT2D eigenvalue weighted by Gasteiger charge is 2.23. The van der Waals surface area contributed by atoms with E-state index < -0.39 is 0 Å². The zero-order valence-electron chi connectivity index (χ0n) is 8.99. The molecule has 0 aliphatic rings. The lowest BCUT2D eigenvalue weighted by Crippen LogP contribution is -2.58. The molecule has 0 aromatic rings. The van der Waals surface area contributed by atoms with Crippen LogP contribution in [0.15, 0.2) is 0 Å². The Morgan fingerprint density at radius 3 is 1.92 bits per heavy atom. The highest BCUT2D eigenvalue weighted by atomic mass is 14.9. The van der Waals surface area contributed by atoms with Gasteiger partial charge in [-0.2, -0.15) is 0 Å². The van der Waals surface area contributed by atoms with Gasteiger partial charge in [-0.3, -0.25) is 0 Å². The Morgan fingerprint density at radius 2 is 1.58 bits per heavy atom. The van der Waals surface area contributed by atoms with Crippen LogP contribution in [0.3, 0.4) is 0 Å². The first-order valence-corrected chi connectivity index (χ1v) is 4.47. The molecule has 70 valence electrons. The van der Waals surface area contributed by atoms with Crippen LogP contribution in [0.2, 0.25) is 0 Å². The van der Waals surface area contributed by atoms with Crippen molar-refractivity contribution in [3.63, 3.8) is 0 Å². The molecule has 0 spiro atoms. The highest BCUT2D eigenvalue weighted by Crippen LogP contribution is 2.00. The molecule has 0 unspecified atom stereocenters. The van der Waals surface area contributed by atoms with Crippen molar-refractivity contribution in [1.82, 2.24) is 10.5 Å². The van der Waals surface area contributed by atoms with E-state index in [-0.39, 0.29) is 10.9 Å². The molecule has 0 bridgehead atoms. The number of hydrogen-bond acceptors (Lipinski definition) is 3. The van der Waals surface area contributed by atoms with E-state index in [2.05, 4.69) is 38.2 Å². The Hall–Kier alpha value is 0.00987. The fourth-order valence-electron chi connectivity index (χ4n) is 0.621. The van der Waals surface area contributed by atoms with Crippen molar-refractivity contribution in [2.75, 3.05) is 7.05 Å². The van der Waals surface area contributed by atoms with E-state index in [1.807, 2.05) is 7.05 Å². The molecule has 0 aliphatic heterocycles. The van der Waals surface area contributed by atoms with Crippen LogP contribution in [0.4, 0.5) is 0 Å². The van der Waals surface area contributed by atoms with Crippen LogP contribution in [0, 0.1) is 0 Å². The summed E-state index contributed by atoms with van der Waals surface area (Å²) in [5.74, 6) is 0. The summed E-state index contributed by atoms with van der Waals surface area (Å²) in [6.07, 6.45) is 0. The summed E-state index contributed by atoms with van der Waals surface area (Å²) in [5.41, 5.74) is 5.76. The minimum atomic E-state index is 0.0358. The Bertz CT molecular complexity index is 121. The van der Waals surface area contributed by atoms with Gasteiger partial charge in [0.2, 0.25) is 14.8 Å². The zero-order chi connectivity index (χ0) is 9.83. The molecule has 0 saturated heterocycles. The van der Waals surface area contributed by atoms with E-state index in [0.29, 0.717) is 7.41 Å². The molecule has 0 amide bonds. The van der Waals surface area contributed by atoms with Crippen molar-refractivity contribution in [2.24, 2.45) is 5.64 Å². The van der Waals surface area contributed by atoms with E-state index in [0.717, 1.165) is 7.41 Å². The molecule has 0 atom stereocenters. The summed E-state index contributed by atoms with van der Waals surface area (Å²) in [6.45, 7) is 8.54. The van der Waals surface area contributed by atoms with Crippen LogP contribution < -0.4 is 16.2 Å². The van der Waals surface area contributed by atoms with E-state index in [1.54, 1.807) is 0 Å². The fourth-order valence-corrected chi connectivity index (χ4v) is 0.621. The summed E-state index contributed by atoms with van der Waals surface area (Å²) in [5, 5.41) is 6.65. The van der Waals surface area contributed by atoms with Crippen molar-refractivity contribution in [1.29, 1.82) is 0 Å². The smallest absolute Gasteiger partial charge is 0.222 e. The van der Waals surface area contributed by atoms with Gasteiger partial charge in [-0.05, 0) is 12.5 Å². The molecule has 0 fully saturated rings. The topological polar surface area (TPSA) is 50.1 Å². The van der Waals surface area contributed by atoms with Crippen molar-refractivity contribution in [3.8, 4) is 0 Å². The van der Waals surface area contributed by atoms with Gasteiger partial charge in [0.05, 0.1) is 0 Å². The minimum Gasteiger partial charge on any atom is -0.371 e. The predicted octanol–water partition coefficient (Wildman–Crippen LogP) is -1.07. The maximum atomic E-state index is 5.59. The Labute approximate surface area is 77.4 Å². The van der Waals surface area contributed by atoms with Crippen molar-refractivity contribution in [2.45, 2.75) is 38.6 Å². The summed E-state index contributed by atoms with van der Waals surface area (Å²) in [7, 11) is 3.55. The first-order chi connectivity index (χ1) is 5.33. The molecule has 0 aromatic heterocycles. The summed E-state index contributed by atoms with van der Waals surface area (Å²) >= 11 is 0. The monoisotopic (exact) mass is 169 g/mol. The first-order valence-electron chi connectivity index (χ1n) is 4.47. The van der Waals surface area contributed by atoms with Crippen LogP contribution in [0.25, 0.3) is 0 Å². The van der Waals surface area contributed by atoms with Crippen LogP contribution in [0.1, 0.15) is 27.7 Å². The summed E-state index contributed by atoms with van der Waals surface area (Å²) in [4.78, 5) is 0. The van der Waals surface area contributed by atoms with Crippen LogP contribution in [-0.2, 0) is 0 Å². The van der Waals surface area contributed by atoms with Gasteiger partial charge in [0.1, 0.15) is 0 Å². The molecule has 12 heavy (non-hydrogen) atoms. The largest absolute Gasteiger partial charge is 0.371 e. The third kappa shape index (κ3) is 4.80. The van der Waals surface area contributed by atoms with Gasteiger partial charge in [-0.1, -0.05) is 27.7 Å². The van der Waals surface area contributed by atoms with Crippen molar-refractivity contribution >= 4 is 14.8 Å². The minimum absolute atomic E-state index is 0.0358. The first kappa shape index (κ1) is 12.0. The fraction of sp³-hybridized carbons (Fsp3) is 1.00. The van der Waals surface area contributed by atoms with Gasteiger partial charge >= 0.3 is 0 Å². The number of nitrogens with two attached hydrogens (primary N) is 1. The lowest BCUT2D eigenvalue weighted by Gasteiger charge is -2.30. The molecular weight excluding hydrogens is 148 g/mol. The van der Waals surface area contributed by atoms with Gasteiger partial charge in [0.15, 0.2) is 0 Å². The molecule has 4 N–H and O–H groups in total. The number of nitrogens with one attached hydrogen (secondary N) is 2. The Kier molecular flexibility index (Phi) is 4.31. The van der Waals surface area contributed by atoms with Gasteiger partial charge in [0, 0.05) is 5.44 Å². The second-order valence-corrected chi connectivity index (χ2v) is 4.58. The van der Waals surface area contributed by atoms with Gasteiger partial charge < -0.3 is 16.2 Å². The average molecular weight is 169 g/mol. The lowest BCUT2D eigenvalue weighted by atomic mass is 9.63. The second-order valence-electron chi connectivity index (χ2n) is 4.58. The molecule has 3 nitrogen and oxygen atoms in total. The van der Waals surface area contributed by atoms with Crippen molar-refractivity contribution < 1.29 is 0 Å². The van der Waals surface area contributed by atoms with Crippen LogP contribution in [-0.4, -0.2) is 32.8 Å². The summed E-state index contributed by atoms with van der Waals surface area (Å²) < 4.78 is 0. The summed E-state index contributed by atoms with van der Waals surface area (Å²) in [6, 6.07) is 0. The lowest BCUT2D eigenvalue weighted by molar-refractivity contribution is 0.554. The standard InChI is InChI=1S/C7H21B2N3/c1-6(2,8-10)12-9-7(3,4)11-5/h8-9,11-12H,10H2,1-5H3. The highest BCUT2D eigenvalue weighted by molar-refractivity contribution is 6.43. The van der Waals surface area contributed by atoms with E-state index in [4.69, 9.17) is 5.64 Å². The van der Waals surface area contributed by atoms with Gasteiger partial charge in [-0.15, -0.1) is 0 Å². The van der Waals surface area contributed by atoms with E-state index >= 15 is 0 Å². The molecular formula is C7H21B2N3. The van der Waals surface area contributed by atoms with Gasteiger partial charge in [-0.25, -0.2) is 0 Å². The van der Waals surface area contributed by atoms with Gasteiger partial charge in [0.25, 0.3) is 0 Å². The van der Waals surface area contributed by atoms with Crippen molar-refractivity contribution in [3.05, 3.63) is 0 Å². The average Bonchev–Trinajstić information content (AvgIpc) is 2.02. The second kappa shape index (κ2) is 4.30. The third-order valence-electron chi connectivity index (χ3n) is 2.20. The number of hydrogen-bond donors (Lipinski definition) is 3. The SMILES string of the molecule is CNC(C)(C)BNC(C)(C)BN. The molecule has 0 saturated carbocycles. The molecule has 0 heterocycles. The normalized spacial score (nSPS) is 12.8. The molecule has 5 heteroatoms. The number of rotatable bonds is 5. The maximum absolute atomic E-state index is 5.59. The maximum Gasteiger partial charge on any atom is 0.222 e. The van der Waals surface area contributed by atoms with Crippen LogP contribution >= 0.6 is 0 Å². The zero-order valence-corrected chi connectivity index (χ0v) is 8.99. The predicted molar refractivity (Wildman–Crippen MR) is 58.8 cm³/mol. The van der Waals surface area contributed by atoms with Crippen LogP contribution in [0.5, 0.6) is 0 Å².